The number of nitrogens with one attached hydrogen (secondary N) is 2. The van der Waals surface area contributed by atoms with Crippen molar-refractivity contribution in [1.82, 2.24) is 10.2 Å². The Labute approximate surface area is 284 Å². The van der Waals surface area contributed by atoms with Gasteiger partial charge in [0.05, 0.1) is 24.6 Å². The molecule has 0 aromatic heterocycles. The Balaban J connectivity index is 1.55. The molecule has 2 saturated heterocycles. The van der Waals surface area contributed by atoms with Crippen molar-refractivity contribution in [3.8, 4) is 17.6 Å². The molecule has 0 radical (unpaired) electrons. The Morgan fingerprint density at radius 3 is 2.31 bits per heavy atom. The number of ether oxygens (including phenoxy) is 1. The van der Waals surface area contributed by atoms with Gasteiger partial charge >= 0.3 is 5.97 Å². The first-order valence-corrected chi connectivity index (χ1v) is 16.2. The second kappa shape index (κ2) is 13.1. The first kappa shape index (κ1) is 31.9. The van der Waals surface area contributed by atoms with Gasteiger partial charge < -0.3 is 25.6 Å². The molecule has 2 fully saturated rings. The Morgan fingerprint density at radius 2 is 1.63 bits per heavy atom. The minimum absolute atomic E-state index is 0.0326. The van der Waals surface area contributed by atoms with Gasteiger partial charge in [0.15, 0.2) is 0 Å². The van der Waals surface area contributed by atoms with Gasteiger partial charge in [0.1, 0.15) is 23.3 Å². The molecule has 2 amide bonds. The molecule has 9 nitrogen and oxygen atoms in total. The van der Waals surface area contributed by atoms with Crippen molar-refractivity contribution in [2.45, 2.75) is 36.1 Å². The Bertz CT molecular complexity index is 1970. The number of carbonyl (C=O) groups excluding carboxylic acids is 3. The summed E-state index contributed by atoms with van der Waals surface area (Å²) in [5.41, 5.74) is 2.20. The normalized spacial score (nSPS) is 25.4. The molecule has 4 aromatic carbocycles. The fraction of sp³-hybridized carbons (Fsp3) is 0.225. The Kier molecular flexibility index (Phi) is 8.51. The summed E-state index contributed by atoms with van der Waals surface area (Å²) in [5.74, 6) is 3.24. The van der Waals surface area contributed by atoms with Gasteiger partial charge in [-0.05, 0) is 52.6 Å². The zero-order valence-electron chi connectivity index (χ0n) is 26.6. The van der Waals surface area contributed by atoms with Gasteiger partial charge in [-0.1, -0.05) is 90.7 Å². The molecular formula is C40H35N3O6. The summed E-state index contributed by atoms with van der Waals surface area (Å²) in [7, 11) is 0. The van der Waals surface area contributed by atoms with Gasteiger partial charge in [0, 0.05) is 24.2 Å². The summed E-state index contributed by atoms with van der Waals surface area (Å²) >= 11 is 0. The first-order valence-electron chi connectivity index (χ1n) is 16.2. The maximum absolute atomic E-state index is 14.9. The van der Waals surface area contributed by atoms with E-state index in [1.54, 1.807) is 48.5 Å². The molecule has 0 aliphatic carbocycles. The average molecular weight is 654 g/mol. The third kappa shape index (κ3) is 5.26. The SMILES string of the molecule is C=CCNC(=O)[C@H]1[C@@H]2C(=O)O[C@@H](c3ccccc3)[C@@H](c3ccccc3)N2[C@@H](c2ccc(O)cc2)[C@]12C(=O)Nc1ccc(C#CCCO)cc12. The molecule has 246 valence electrons. The van der Waals surface area contributed by atoms with Crippen LogP contribution < -0.4 is 10.6 Å². The predicted molar refractivity (Wildman–Crippen MR) is 183 cm³/mol. The topological polar surface area (TPSA) is 128 Å². The molecule has 3 heterocycles. The molecular weight excluding hydrogens is 618 g/mol. The summed E-state index contributed by atoms with van der Waals surface area (Å²) in [6.45, 7) is 3.78. The van der Waals surface area contributed by atoms with E-state index in [9.17, 15) is 24.6 Å². The predicted octanol–water partition coefficient (Wildman–Crippen LogP) is 4.70. The molecule has 9 heteroatoms. The first-order chi connectivity index (χ1) is 23.9. The van der Waals surface area contributed by atoms with Crippen molar-refractivity contribution < 1.29 is 29.3 Å². The number of amides is 2. The highest BCUT2D eigenvalue weighted by molar-refractivity contribution is 6.12. The molecule has 4 N–H and O–H groups in total. The second-order valence-electron chi connectivity index (χ2n) is 12.4. The number of hydrogen-bond donors (Lipinski definition) is 4. The number of hydrogen-bond acceptors (Lipinski definition) is 7. The number of aromatic hydroxyl groups is 1. The third-order valence-corrected chi connectivity index (χ3v) is 9.69. The molecule has 6 atom stereocenters. The van der Waals surface area contributed by atoms with Crippen LogP contribution in [0.1, 0.15) is 52.4 Å². The summed E-state index contributed by atoms with van der Waals surface area (Å²) in [4.78, 5) is 46.0. The number of esters is 1. The van der Waals surface area contributed by atoms with Crippen molar-refractivity contribution in [3.63, 3.8) is 0 Å². The van der Waals surface area contributed by atoms with Crippen LogP contribution in [0.5, 0.6) is 5.75 Å². The van der Waals surface area contributed by atoms with E-state index in [0.717, 1.165) is 11.1 Å². The third-order valence-electron chi connectivity index (χ3n) is 9.69. The summed E-state index contributed by atoms with van der Waals surface area (Å²) in [6, 6.07) is 28.3. The van der Waals surface area contributed by atoms with E-state index in [-0.39, 0.29) is 25.3 Å². The Morgan fingerprint density at radius 1 is 0.939 bits per heavy atom. The lowest BCUT2D eigenvalue weighted by molar-refractivity contribution is -0.178. The van der Waals surface area contributed by atoms with Crippen molar-refractivity contribution in [2.24, 2.45) is 5.92 Å². The van der Waals surface area contributed by atoms with E-state index in [1.165, 1.54) is 0 Å². The van der Waals surface area contributed by atoms with Crippen molar-refractivity contribution in [3.05, 3.63) is 144 Å². The van der Waals surface area contributed by atoms with E-state index >= 15 is 0 Å². The number of anilines is 1. The summed E-state index contributed by atoms with van der Waals surface area (Å²) < 4.78 is 6.36. The average Bonchev–Trinajstić information content (AvgIpc) is 3.60. The van der Waals surface area contributed by atoms with E-state index in [4.69, 9.17) is 4.74 Å². The number of rotatable bonds is 7. The summed E-state index contributed by atoms with van der Waals surface area (Å²) in [5, 5.41) is 25.6. The lowest BCUT2D eigenvalue weighted by Crippen LogP contribution is -2.54. The smallest absolute Gasteiger partial charge is 0.324 e. The maximum atomic E-state index is 14.9. The number of phenolic OH excluding ortho intramolecular Hbond substituents is 1. The standard InChI is InChI=1S/C40H35N3O6/c1-2-22-41-37(46)32-34-38(47)49-35(27-14-7-4-8-15-27)33(26-12-5-3-6-13-26)43(34)36(28-17-19-29(45)20-18-28)40(32)30-24-25(11-9-10-23-44)16-21-31(30)42-39(40)48/h2-8,12-21,24,32-36,44-45H,1,10,22-23H2,(H,41,46)(H,42,48)/t32-,33-,34-,35+,36+,40-/m1/s1. The quantitative estimate of drug-likeness (QED) is 0.129. The van der Waals surface area contributed by atoms with Crippen molar-refractivity contribution in [1.29, 1.82) is 0 Å². The highest BCUT2D eigenvalue weighted by Crippen LogP contribution is 2.64. The lowest BCUT2D eigenvalue weighted by Gasteiger charge is -2.46. The van der Waals surface area contributed by atoms with E-state index in [1.807, 2.05) is 65.6 Å². The molecule has 0 bridgehead atoms. The van der Waals surface area contributed by atoms with Gasteiger partial charge in [-0.2, -0.15) is 0 Å². The largest absolute Gasteiger partial charge is 0.508 e. The summed E-state index contributed by atoms with van der Waals surface area (Å²) in [6.07, 6.45) is 1.03. The number of carbonyl (C=O) groups is 3. The zero-order chi connectivity index (χ0) is 34.1. The van der Waals surface area contributed by atoms with E-state index in [2.05, 4.69) is 29.1 Å². The number of phenols is 1. The fourth-order valence-electron chi connectivity index (χ4n) is 7.83. The van der Waals surface area contributed by atoms with Crippen LogP contribution in [0.25, 0.3) is 0 Å². The van der Waals surface area contributed by atoms with Gasteiger partial charge in [0.25, 0.3) is 0 Å². The van der Waals surface area contributed by atoms with Gasteiger partial charge in [-0.15, -0.1) is 6.58 Å². The molecule has 0 saturated carbocycles. The van der Waals surface area contributed by atoms with E-state index < -0.39 is 53.3 Å². The molecule has 49 heavy (non-hydrogen) atoms. The minimum atomic E-state index is -1.64. The number of aliphatic hydroxyl groups excluding tert-OH is 1. The number of benzene rings is 4. The lowest BCUT2D eigenvalue weighted by atomic mass is 9.65. The van der Waals surface area contributed by atoms with Gasteiger partial charge in [-0.25, -0.2) is 0 Å². The second-order valence-corrected chi connectivity index (χ2v) is 12.4. The van der Waals surface area contributed by atoms with Crippen LogP contribution in [0, 0.1) is 17.8 Å². The van der Waals surface area contributed by atoms with Crippen LogP contribution >= 0.6 is 0 Å². The number of aliphatic hydroxyl groups is 1. The van der Waals surface area contributed by atoms with E-state index in [0.29, 0.717) is 22.4 Å². The minimum Gasteiger partial charge on any atom is -0.508 e. The number of morpholine rings is 1. The zero-order valence-corrected chi connectivity index (χ0v) is 26.6. The van der Waals surface area contributed by atoms with Crippen LogP contribution in [-0.2, 0) is 24.5 Å². The van der Waals surface area contributed by atoms with Crippen LogP contribution in [0.2, 0.25) is 0 Å². The Hall–Kier alpha value is -5.69. The highest BCUT2D eigenvalue weighted by Gasteiger charge is 2.74. The number of cyclic esters (lactones) is 1. The molecule has 0 unspecified atom stereocenters. The fourth-order valence-corrected chi connectivity index (χ4v) is 7.83. The molecule has 3 aliphatic heterocycles. The van der Waals surface area contributed by atoms with Gasteiger partial charge in [0.2, 0.25) is 11.8 Å². The highest BCUT2D eigenvalue weighted by atomic mass is 16.6. The maximum Gasteiger partial charge on any atom is 0.324 e. The molecule has 1 spiro atoms. The molecule has 3 aliphatic rings. The number of nitrogens with zero attached hydrogens (tertiary/aromatic N) is 1. The number of fused-ring (bicyclic) bond motifs is 3. The van der Waals surface area contributed by atoms with Crippen molar-refractivity contribution >= 4 is 23.5 Å². The van der Waals surface area contributed by atoms with Crippen LogP contribution in [-0.4, -0.2) is 52.1 Å². The molecule has 7 rings (SSSR count). The van der Waals surface area contributed by atoms with Crippen LogP contribution in [0.4, 0.5) is 5.69 Å². The molecule has 4 aromatic rings. The van der Waals surface area contributed by atoms with Gasteiger partial charge in [-0.3, -0.25) is 19.3 Å². The monoisotopic (exact) mass is 653 g/mol. The van der Waals surface area contributed by atoms with Crippen molar-refractivity contribution in [2.75, 3.05) is 18.5 Å². The van der Waals surface area contributed by atoms with Crippen LogP contribution in [0.15, 0.2) is 116 Å². The van der Waals surface area contributed by atoms with Crippen LogP contribution in [0.3, 0.4) is 0 Å².